The number of nitrogens with zero attached hydrogens (tertiary/aromatic N) is 4. The highest BCUT2D eigenvalue weighted by atomic mass is 32.2. The zero-order valence-electron chi connectivity index (χ0n) is 20.1. The molecular weight excluding hydrogens is 432 g/mol. The molecule has 0 N–H and O–H groups in total. The zero-order chi connectivity index (χ0) is 23.6. The van der Waals surface area contributed by atoms with E-state index in [2.05, 4.69) is 49.9 Å². The van der Waals surface area contributed by atoms with Crippen LogP contribution in [0.1, 0.15) is 50.8 Å². The van der Waals surface area contributed by atoms with Crippen LogP contribution in [0.3, 0.4) is 0 Å². The van der Waals surface area contributed by atoms with Gasteiger partial charge in [0.2, 0.25) is 0 Å². The van der Waals surface area contributed by atoms with E-state index in [0.717, 1.165) is 47.8 Å². The summed E-state index contributed by atoms with van der Waals surface area (Å²) in [7, 11) is 1.70. The van der Waals surface area contributed by atoms with Gasteiger partial charge in [0.05, 0.1) is 23.1 Å². The standard InChI is InChI=1S/C26H32N4O2S/c1-6-27-24(20-12-8-9-13-22(20)32-5)29-16-10-11-18-17-19(14-15-21(18)29)23-26(3,4)33-25(31)30(7-2)28-23/h8-9,12-15,17H,6-7,10-11,16H2,1-5H3/b27-24-. The van der Waals surface area contributed by atoms with Crippen molar-refractivity contribution in [1.29, 1.82) is 0 Å². The Hall–Kier alpha value is -2.80. The monoisotopic (exact) mass is 464 g/mol. The fraction of sp³-hybridized carbons (Fsp3) is 0.423. The van der Waals surface area contributed by atoms with E-state index in [9.17, 15) is 4.79 Å². The molecule has 6 nitrogen and oxygen atoms in total. The number of methoxy groups -OCH3 is 1. The number of fused-ring (bicyclic) bond motifs is 1. The highest BCUT2D eigenvalue weighted by Crippen LogP contribution is 2.38. The van der Waals surface area contributed by atoms with Gasteiger partial charge >= 0.3 is 5.24 Å². The summed E-state index contributed by atoms with van der Waals surface area (Å²) in [6, 6.07) is 14.6. The molecule has 0 bridgehead atoms. The van der Waals surface area contributed by atoms with Crippen molar-refractivity contribution in [2.24, 2.45) is 10.1 Å². The summed E-state index contributed by atoms with van der Waals surface area (Å²) >= 11 is 1.34. The molecule has 0 atom stereocenters. The summed E-state index contributed by atoms with van der Waals surface area (Å²) in [5.74, 6) is 1.77. The number of amidine groups is 1. The molecule has 0 aromatic heterocycles. The van der Waals surface area contributed by atoms with Crippen molar-refractivity contribution in [2.75, 3.05) is 31.6 Å². The molecule has 0 saturated heterocycles. The fourth-order valence-corrected chi connectivity index (χ4v) is 5.43. The Morgan fingerprint density at radius 2 is 2.00 bits per heavy atom. The molecule has 0 unspecified atom stereocenters. The lowest BCUT2D eigenvalue weighted by Gasteiger charge is -2.35. The van der Waals surface area contributed by atoms with Crippen LogP contribution in [0, 0.1) is 0 Å². The van der Waals surface area contributed by atoms with Gasteiger partial charge in [-0.25, -0.2) is 5.01 Å². The van der Waals surface area contributed by atoms with E-state index in [-0.39, 0.29) is 9.99 Å². The molecule has 2 aliphatic heterocycles. The maximum atomic E-state index is 12.4. The van der Waals surface area contributed by atoms with Crippen LogP contribution in [0.2, 0.25) is 0 Å². The normalized spacial score (nSPS) is 18.2. The lowest BCUT2D eigenvalue weighted by atomic mass is 9.93. The lowest BCUT2D eigenvalue weighted by Crippen LogP contribution is -2.41. The Labute approximate surface area is 200 Å². The molecule has 4 rings (SSSR count). The molecule has 1 amide bonds. The number of aliphatic imine (C=N–C) groups is 1. The van der Waals surface area contributed by atoms with E-state index in [1.807, 2.05) is 25.1 Å². The Morgan fingerprint density at radius 1 is 1.21 bits per heavy atom. The molecule has 174 valence electrons. The summed E-state index contributed by atoms with van der Waals surface area (Å²) in [4.78, 5) is 19.6. The Bertz CT molecular complexity index is 1110. The van der Waals surface area contributed by atoms with Crippen molar-refractivity contribution in [3.63, 3.8) is 0 Å². The number of aryl methyl sites for hydroxylation is 1. The second-order valence-corrected chi connectivity index (χ2v) is 10.2. The summed E-state index contributed by atoms with van der Waals surface area (Å²) in [6.45, 7) is 10.3. The molecule has 0 spiro atoms. The first kappa shape index (κ1) is 23.4. The van der Waals surface area contributed by atoms with Crippen molar-refractivity contribution in [2.45, 2.75) is 45.3 Å². The first-order valence-corrected chi connectivity index (χ1v) is 12.4. The summed E-state index contributed by atoms with van der Waals surface area (Å²) < 4.78 is 5.27. The average Bonchev–Trinajstić information content (AvgIpc) is 2.81. The molecule has 7 heteroatoms. The van der Waals surface area contributed by atoms with Crippen LogP contribution in [0.15, 0.2) is 52.6 Å². The smallest absolute Gasteiger partial charge is 0.302 e. The van der Waals surface area contributed by atoms with Crippen LogP contribution in [0.5, 0.6) is 5.75 Å². The molecule has 2 aliphatic rings. The number of thioether (sulfide) groups is 1. The van der Waals surface area contributed by atoms with Crippen LogP contribution < -0.4 is 9.64 Å². The van der Waals surface area contributed by atoms with Gasteiger partial charge in [-0.3, -0.25) is 9.79 Å². The maximum Gasteiger partial charge on any atom is 0.302 e. The van der Waals surface area contributed by atoms with Crippen molar-refractivity contribution >= 4 is 34.2 Å². The average molecular weight is 465 g/mol. The lowest BCUT2D eigenvalue weighted by molar-refractivity contribution is 0.226. The van der Waals surface area contributed by atoms with Gasteiger partial charge in [-0.2, -0.15) is 5.10 Å². The van der Waals surface area contributed by atoms with E-state index in [1.54, 1.807) is 12.1 Å². The Morgan fingerprint density at radius 3 is 2.73 bits per heavy atom. The zero-order valence-corrected chi connectivity index (χ0v) is 20.9. The topological polar surface area (TPSA) is 57.5 Å². The Balaban J connectivity index is 1.76. The molecule has 2 aromatic carbocycles. The minimum Gasteiger partial charge on any atom is -0.496 e. The molecule has 2 aromatic rings. The summed E-state index contributed by atoms with van der Waals surface area (Å²) in [6.07, 6.45) is 2.04. The van der Waals surface area contributed by atoms with E-state index >= 15 is 0 Å². The van der Waals surface area contributed by atoms with Crippen LogP contribution in [0.25, 0.3) is 0 Å². The maximum absolute atomic E-state index is 12.4. The second kappa shape index (κ2) is 9.59. The molecule has 0 saturated carbocycles. The van der Waals surface area contributed by atoms with E-state index < -0.39 is 0 Å². The predicted molar refractivity (Wildman–Crippen MR) is 138 cm³/mol. The van der Waals surface area contributed by atoms with Crippen molar-refractivity contribution in [3.05, 3.63) is 59.2 Å². The predicted octanol–water partition coefficient (Wildman–Crippen LogP) is 5.59. The first-order chi connectivity index (χ1) is 15.9. The summed E-state index contributed by atoms with van der Waals surface area (Å²) in [5, 5.41) is 6.30. The van der Waals surface area contributed by atoms with Crippen molar-refractivity contribution in [3.8, 4) is 5.75 Å². The Kier molecular flexibility index (Phi) is 6.79. The van der Waals surface area contributed by atoms with Crippen LogP contribution in [-0.2, 0) is 6.42 Å². The third-order valence-corrected chi connectivity index (χ3v) is 7.12. The highest BCUT2D eigenvalue weighted by molar-refractivity contribution is 8.15. The molecule has 2 heterocycles. The quantitative estimate of drug-likeness (QED) is 0.428. The van der Waals surface area contributed by atoms with Crippen molar-refractivity contribution < 1.29 is 9.53 Å². The SMILES string of the molecule is CC/N=C(/c1ccccc1OC)N1CCCc2cc(C3=NN(CC)C(=O)SC3(C)C)ccc21. The third kappa shape index (κ3) is 4.51. The van der Waals surface area contributed by atoms with Gasteiger partial charge in [-0.05, 0) is 75.9 Å². The van der Waals surface area contributed by atoms with Gasteiger partial charge < -0.3 is 9.64 Å². The number of carbonyl (C=O) groups is 1. The van der Waals surface area contributed by atoms with E-state index in [4.69, 9.17) is 14.8 Å². The van der Waals surface area contributed by atoms with Gasteiger partial charge in [0.1, 0.15) is 11.6 Å². The van der Waals surface area contributed by atoms with Crippen LogP contribution >= 0.6 is 11.8 Å². The highest BCUT2D eigenvalue weighted by Gasteiger charge is 2.37. The van der Waals surface area contributed by atoms with Gasteiger partial charge in [-0.15, -0.1) is 0 Å². The minimum atomic E-state index is -0.377. The second-order valence-electron chi connectivity index (χ2n) is 8.64. The number of hydrogen-bond donors (Lipinski definition) is 0. The fourth-order valence-electron chi connectivity index (χ4n) is 4.47. The largest absolute Gasteiger partial charge is 0.496 e. The number of benzene rings is 2. The van der Waals surface area contributed by atoms with Crippen LogP contribution in [0.4, 0.5) is 10.5 Å². The first-order valence-electron chi connectivity index (χ1n) is 11.6. The van der Waals surface area contributed by atoms with Gasteiger partial charge in [-0.1, -0.05) is 30.0 Å². The number of rotatable bonds is 5. The number of anilines is 1. The molecule has 33 heavy (non-hydrogen) atoms. The van der Waals surface area contributed by atoms with Gasteiger partial charge in [0.25, 0.3) is 0 Å². The third-order valence-electron chi connectivity index (χ3n) is 6.03. The van der Waals surface area contributed by atoms with Crippen molar-refractivity contribution in [1.82, 2.24) is 5.01 Å². The van der Waals surface area contributed by atoms with Gasteiger partial charge in [0.15, 0.2) is 0 Å². The number of para-hydroxylation sites is 1. The number of ether oxygens (including phenoxy) is 1. The molecular formula is C26H32N4O2S. The molecule has 0 fully saturated rings. The molecule has 0 radical (unpaired) electrons. The minimum absolute atomic E-state index is 0.00705. The van der Waals surface area contributed by atoms with Crippen LogP contribution in [-0.4, -0.2) is 53.3 Å². The van der Waals surface area contributed by atoms with E-state index in [0.29, 0.717) is 13.1 Å². The number of hydrogen-bond acceptors (Lipinski definition) is 5. The number of amides is 1. The summed E-state index contributed by atoms with van der Waals surface area (Å²) in [5.41, 5.74) is 5.48. The number of carbonyl (C=O) groups excluding carboxylic acids is 1. The van der Waals surface area contributed by atoms with E-state index in [1.165, 1.54) is 23.0 Å². The van der Waals surface area contributed by atoms with Gasteiger partial charge in [0, 0.05) is 25.3 Å². The number of hydrazone groups is 1. The molecule has 0 aliphatic carbocycles.